The first-order valence-corrected chi connectivity index (χ1v) is 8.30. The molecule has 2 saturated heterocycles. The second-order valence-corrected chi connectivity index (χ2v) is 8.25. The van der Waals surface area contributed by atoms with Crippen molar-refractivity contribution in [3.05, 3.63) is 22.7 Å². The number of aromatic nitrogens is 2. The molecule has 2 bridgehead atoms. The first kappa shape index (κ1) is 14.1. The van der Waals surface area contributed by atoms with E-state index >= 15 is 0 Å². The fourth-order valence-corrected chi connectivity index (χ4v) is 4.43. The number of hydrogen-bond donors (Lipinski definition) is 0. The van der Waals surface area contributed by atoms with Gasteiger partial charge in [0.1, 0.15) is 0 Å². The Morgan fingerprint density at radius 2 is 1.85 bits per heavy atom. The van der Waals surface area contributed by atoms with E-state index in [1.54, 1.807) is 17.0 Å². The van der Waals surface area contributed by atoms with Gasteiger partial charge in [0, 0.05) is 34.8 Å². The molecule has 1 aromatic rings. The number of anilines is 1. The Kier molecular flexibility index (Phi) is 3.43. The zero-order valence-electron chi connectivity index (χ0n) is 12.3. The van der Waals surface area contributed by atoms with Gasteiger partial charge in [-0.05, 0) is 46.5 Å². The van der Waals surface area contributed by atoms with E-state index in [-0.39, 0.29) is 11.1 Å². The Labute approximate surface area is 128 Å². The molecule has 2 aliphatic rings. The van der Waals surface area contributed by atoms with Crippen molar-refractivity contribution in [2.24, 2.45) is 0 Å². The molecule has 4 nitrogen and oxygen atoms in total. The van der Waals surface area contributed by atoms with Gasteiger partial charge >= 0.3 is 0 Å². The van der Waals surface area contributed by atoms with Crippen LogP contribution in [0.5, 0.6) is 0 Å². The molecular formula is C15H22BrN3O. The predicted octanol–water partition coefficient (Wildman–Crippen LogP) is 2.89. The van der Waals surface area contributed by atoms with Crippen LogP contribution in [0.2, 0.25) is 0 Å². The summed E-state index contributed by atoms with van der Waals surface area (Å²) < 4.78 is 1.80. The Balaban J connectivity index is 2.02. The maximum atomic E-state index is 12.8. The minimum Gasteiger partial charge on any atom is -0.346 e. The van der Waals surface area contributed by atoms with Crippen molar-refractivity contribution < 1.29 is 0 Å². The number of halogens is 1. The predicted molar refractivity (Wildman–Crippen MR) is 84.7 cm³/mol. The molecule has 2 unspecified atom stereocenters. The molecule has 20 heavy (non-hydrogen) atoms. The summed E-state index contributed by atoms with van der Waals surface area (Å²) in [4.78, 5) is 20.1. The van der Waals surface area contributed by atoms with Gasteiger partial charge in [-0.25, -0.2) is 4.98 Å². The second-order valence-electron chi connectivity index (χ2n) is 6.96. The standard InChI is InChI=1S/C15H22BrN3O/c1-15(2,3)18-7-6-17-13(14(18)20)19-11-4-5-12(19)9-10(16)8-11/h6-7,10-12H,4-5,8-9H2,1-3H3. The second kappa shape index (κ2) is 4.86. The number of fused-ring (bicyclic) bond motifs is 2. The Morgan fingerprint density at radius 1 is 1.25 bits per heavy atom. The van der Waals surface area contributed by atoms with E-state index in [0.717, 1.165) is 12.8 Å². The smallest absolute Gasteiger partial charge is 0.294 e. The Bertz CT molecular complexity index is 549. The van der Waals surface area contributed by atoms with E-state index in [2.05, 4.69) is 46.6 Å². The highest BCUT2D eigenvalue weighted by Gasteiger charge is 2.41. The lowest BCUT2D eigenvalue weighted by Gasteiger charge is -2.38. The highest BCUT2D eigenvalue weighted by molar-refractivity contribution is 9.09. The van der Waals surface area contributed by atoms with Gasteiger partial charge in [0.05, 0.1) is 0 Å². The van der Waals surface area contributed by atoms with Gasteiger partial charge in [0.25, 0.3) is 5.56 Å². The third-order valence-corrected chi connectivity index (χ3v) is 5.21. The topological polar surface area (TPSA) is 38.1 Å². The summed E-state index contributed by atoms with van der Waals surface area (Å²) >= 11 is 3.74. The van der Waals surface area contributed by atoms with Crippen molar-refractivity contribution in [2.75, 3.05) is 4.90 Å². The van der Waals surface area contributed by atoms with E-state index in [9.17, 15) is 4.79 Å². The van der Waals surface area contributed by atoms with E-state index in [1.807, 2.05) is 0 Å². The van der Waals surface area contributed by atoms with Crippen molar-refractivity contribution in [2.45, 2.75) is 68.9 Å². The lowest BCUT2D eigenvalue weighted by molar-refractivity contribution is 0.379. The quantitative estimate of drug-likeness (QED) is 0.738. The first-order valence-electron chi connectivity index (χ1n) is 7.38. The molecule has 0 radical (unpaired) electrons. The summed E-state index contributed by atoms with van der Waals surface area (Å²) in [7, 11) is 0. The first-order chi connectivity index (χ1) is 9.38. The van der Waals surface area contributed by atoms with Crippen LogP contribution in [0, 0.1) is 0 Å². The average Bonchev–Trinajstić information content (AvgIpc) is 2.61. The van der Waals surface area contributed by atoms with Crippen LogP contribution in [0.25, 0.3) is 0 Å². The van der Waals surface area contributed by atoms with Gasteiger partial charge < -0.3 is 9.47 Å². The minimum atomic E-state index is -0.207. The summed E-state index contributed by atoms with van der Waals surface area (Å²) in [6.45, 7) is 6.16. The third-order valence-electron chi connectivity index (χ3n) is 4.47. The molecule has 1 aromatic heterocycles. The highest BCUT2D eigenvalue weighted by atomic mass is 79.9. The lowest BCUT2D eigenvalue weighted by Crippen LogP contribution is -2.48. The largest absolute Gasteiger partial charge is 0.346 e. The zero-order chi connectivity index (χ0) is 14.5. The summed E-state index contributed by atoms with van der Waals surface area (Å²) in [5, 5.41) is 0. The normalized spacial score (nSPS) is 29.8. The molecule has 2 aliphatic heterocycles. The zero-order valence-corrected chi connectivity index (χ0v) is 13.9. The lowest BCUT2D eigenvalue weighted by atomic mass is 10.0. The molecule has 0 spiro atoms. The molecule has 110 valence electrons. The van der Waals surface area contributed by atoms with E-state index in [1.165, 1.54) is 12.8 Å². The fourth-order valence-electron chi connectivity index (χ4n) is 3.56. The number of piperidine rings is 1. The van der Waals surface area contributed by atoms with Gasteiger partial charge in [-0.15, -0.1) is 0 Å². The molecule has 0 amide bonds. The van der Waals surface area contributed by atoms with Crippen molar-refractivity contribution in [3.8, 4) is 0 Å². The van der Waals surface area contributed by atoms with Gasteiger partial charge in [-0.3, -0.25) is 4.79 Å². The van der Waals surface area contributed by atoms with E-state index in [4.69, 9.17) is 0 Å². The monoisotopic (exact) mass is 339 g/mol. The van der Waals surface area contributed by atoms with Crippen molar-refractivity contribution in [1.29, 1.82) is 0 Å². The maximum absolute atomic E-state index is 12.8. The average molecular weight is 340 g/mol. The highest BCUT2D eigenvalue weighted by Crippen LogP contribution is 2.39. The number of rotatable bonds is 1. The maximum Gasteiger partial charge on any atom is 0.294 e. The van der Waals surface area contributed by atoms with Crippen LogP contribution < -0.4 is 10.5 Å². The van der Waals surface area contributed by atoms with Gasteiger partial charge in [-0.2, -0.15) is 0 Å². The van der Waals surface area contributed by atoms with Crippen LogP contribution in [-0.2, 0) is 5.54 Å². The van der Waals surface area contributed by atoms with E-state index < -0.39 is 0 Å². The molecule has 0 aliphatic carbocycles. The minimum absolute atomic E-state index is 0.0462. The molecule has 3 rings (SSSR count). The van der Waals surface area contributed by atoms with Crippen LogP contribution >= 0.6 is 15.9 Å². The van der Waals surface area contributed by atoms with Crippen molar-refractivity contribution in [1.82, 2.24) is 9.55 Å². The molecule has 0 saturated carbocycles. The molecule has 3 heterocycles. The molecular weight excluding hydrogens is 318 g/mol. The number of alkyl halides is 1. The molecule has 5 heteroatoms. The summed E-state index contributed by atoms with van der Waals surface area (Å²) in [5.74, 6) is 0.648. The fraction of sp³-hybridized carbons (Fsp3) is 0.733. The van der Waals surface area contributed by atoms with Gasteiger partial charge in [-0.1, -0.05) is 15.9 Å². The van der Waals surface area contributed by atoms with Crippen LogP contribution in [0.3, 0.4) is 0 Å². The van der Waals surface area contributed by atoms with Crippen LogP contribution in [0.15, 0.2) is 17.2 Å². The van der Waals surface area contributed by atoms with Crippen molar-refractivity contribution >= 4 is 21.7 Å². The molecule has 2 atom stereocenters. The molecule has 0 N–H and O–H groups in total. The third kappa shape index (κ3) is 2.30. The molecule has 0 aromatic carbocycles. The van der Waals surface area contributed by atoms with Gasteiger partial charge in [0.2, 0.25) is 0 Å². The Hall–Kier alpha value is -0.840. The molecule has 2 fully saturated rings. The SMILES string of the molecule is CC(C)(C)n1ccnc(N2C3CCC2CC(Br)C3)c1=O. The number of hydrogen-bond acceptors (Lipinski definition) is 3. The van der Waals surface area contributed by atoms with Crippen molar-refractivity contribution in [3.63, 3.8) is 0 Å². The van der Waals surface area contributed by atoms with Crippen LogP contribution in [-0.4, -0.2) is 26.5 Å². The summed E-state index contributed by atoms with van der Waals surface area (Å²) in [6, 6.07) is 0.934. The summed E-state index contributed by atoms with van der Waals surface area (Å²) in [5.41, 5.74) is -0.161. The van der Waals surface area contributed by atoms with Gasteiger partial charge in [0.15, 0.2) is 5.82 Å². The summed E-state index contributed by atoms with van der Waals surface area (Å²) in [6.07, 6.45) is 8.15. The Morgan fingerprint density at radius 3 is 2.40 bits per heavy atom. The van der Waals surface area contributed by atoms with Crippen LogP contribution in [0.4, 0.5) is 5.82 Å². The number of nitrogens with zero attached hydrogens (tertiary/aromatic N) is 3. The van der Waals surface area contributed by atoms with Crippen LogP contribution in [0.1, 0.15) is 46.5 Å². The van der Waals surface area contributed by atoms with E-state index in [0.29, 0.717) is 22.7 Å².